The van der Waals surface area contributed by atoms with Gasteiger partial charge in [-0.15, -0.1) is 0 Å². The smallest absolute Gasteiger partial charge is 0.211 e. The van der Waals surface area contributed by atoms with E-state index < -0.39 is 10.0 Å². The van der Waals surface area contributed by atoms with Crippen LogP contribution in [0.4, 0.5) is 0 Å². The Hall–Kier alpha value is -0.210. The molecule has 0 amide bonds. The summed E-state index contributed by atoms with van der Waals surface area (Å²) in [5, 5.41) is 0. The van der Waals surface area contributed by atoms with Crippen LogP contribution < -0.4 is 11.3 Å². The molecule has 0 spiro atoms. The molecule has 7 heteroatoms. The van der Waals surface area contributed by atoms with Gasteiger partial charge in [0.25, 0.3) is 0 Å². The van der Waals surface area contributed by atoms with E-state index in [0.29, 0.717) is 31.5 Å². The van der Waals surface area contributed by atoms with E-state index in [1.54, 1.807) is 4.31 Å². The summed E-state index contributed by atoms with van der Waals surface area (Å²) in [6.45, 7) is 3.96. The second kappa shape index (κ2) is 7.37. The van der Waals surface area contributed by atoms with Gasteiger partial charge in [0, 0.05) is 25.7 Å². The predicted octanol–water partition coefficient (Wildman–Crippen LogP) is 0.695. The zero-order valence-electron chi connectivity index (χ0n) is 13.1. The summed E-state index contributed by atoms with van der Waals surface area (Å²) in [4.78, 5) is 0. The molecule has 1 aliphatic heterocycles. The first kappa shape index (κ1) is 17.1. The summed E-state index contributed by atoms with van der Waals surface area (Å²) in [7, 11) is -3.09. The number of nitrogens with one attached hydrogen (secondary N) is 1. The first-order valence-electron chi connectivity index (χ1n) is 7.98. The minimum absolute atomic E-state index is 0.113. The highest BCUT2D eigenvalue weighted by Gasteiger charge is 2.38. The Morgan fingerprint density at radius 2 is 2.10 bits per heavy atom. The van der Waals surface area contributed by atoms with Crippen molar-refractivity contribution in [1.29, 1.82) is 0 Å². The van der Waals surface area contributed by atoms with Crippen LogP contribution in [0.5, 0.6) is 0 Å². The van der Waals surface area contributed by atoms with Gasteiger partial charge in [-0.2, -0.15) is 0 Å². The fourth-order valence-corrected chi connectivity index (χ4v) is 4.32. The van der Waals surface area contributed by atoms with E-state index in [2.05, 4.69) is 5.43 Å². The molecule has 0 aromatic heterocycles. The monoisotopic (exact) mass is 319 g/mol. The average Bonchev–Trinajstić information content (AvgIpc) is 3.26. The van der Waals surface area contributed by atoms with Gasteiger partial charge in [-0.05, 0) is 50.9 Å². The first-order chi connectivity index (χ1) is 9.95. The number of hydrazine groups is 1. The molecule has 3 atom stereocenters. The molecule has 1 saturated heterocycles. The number of hydrogen-bond donors (Lipinski definition) is 2. The van der Waals surface area contributed by atoms with Crippen molar-refractivity contribution in [3.63, 3.8) is 0 Å². The molecule has 0 aromatic carbocycles. The number of sulfonamides is 1. The van der Waals surface area contributed by atoms with Gasteiger partial charge in [0.05, 0.1) is 12.4 Å². The van der Waals surface area contributed by atoms with Gasteiger partial charge in [-0.25, -0.2) is 12.7 Å². The summed E-state index contributed by atoms with van der Waals surface area (Å²) >= 11 is 0. The van der Waals surface area contributed by atoms with E-state index in [9.17, 15) is 8.42 Å². The lowest BCUT2D eigenvalue weighted by Crippen LogP contribution is -2.49. The largest absolute Gasteiger partial charge is 0.377 e. The molecule has 1 saturated carbocycles. The second-order valence-corrected chi connectivity index (χ2v) is 8.38. The standard InChI is InChI=1S/C14H29N3O3S/c1-3-20-14(12-6-7-12)13(16-15)9-11-5-4-8-17(10-11)21(2,18)19/h11-14,16H,3-10,15H2,1-2H3. The van der Waals surface area contributed by atoms with E-state index in [4.69, 9.17) is 10.6 Å². The van der Waals surface area contributed by atoms with Crippen molar-refractivity contribution in [1.82, 2.24) is 9.73 Å². The van der Waals surface area contributed by atoms with Crippen LogP contribution in [0, 0.1) is 11.8 Å². The van der Waals surface area contributed by atoms with Crippen molar-refractivity contribution in [3.05, 3.63) is 0 Å². The maximum atomic E-state index is 11.7. The summed E-state index contributed by atoms with van der Waals surface area (Å²) in [5.74, 6) is 6.71. The Morgan fingerprint density at radius 3 is 2.62 bits per heavy atom. The normalized spacial score (nSPS) is 27.5. The first-order valence-corrected chi connectivity index (χ1v) is 9.83. The van der Waals surface area contributed by atoms with E-state index >= 15 is 0 Å². The Balaban J connectivity index is 1.94. The maximum Gasteiger partial charge on any atom is 0.211 e. The molecule has 21 heavy (non-hydrogen) atoms. The van der Waals surface area contributed by atoms with Crippen molar-refractivity contribution < 1.29 is 13.2 Å². The van der Waals surface area contributed by atoms with Crippen LogP contribution in [-0.2, 0) is 14.8 Å². The van der Waals surface area contributed by atoms with Crippen molar-refractivity contribution >= 4 is 10.0 Å². The molecule has 2 aliphatic rings. The van der Waals surface area contributed by atoms with Gasteiger partial charge in [-0.1, -0.05) is 0 Å². The Bertz CT molecular complexity index is 425. The molecule has 3 N–H and O–H groups in total. The lowest BCUT2D eigenvalue weighted by molar-refractivity contribution is 0.0106. The summed E-state index contributed by atoms with van der Waals surface area (Å²) < 4.78 is 30.9. The lowest BCUT2D eigenvalue weighted by Gasteiger charge is -2.35. The average molecular weight is 319 g/mol. The van der Waals surface area contributed by atoms with Crippen LogP contribution in [0.15, 0.2) is 0 Å². The molecule has 0 aromatic rings. The number of piperidine rings is 1. The molecular formula is C14H29N3O3S. The minimum atomic E-state index is -3.09. The van der Waals surface area contributed by atoms with E-state index in [-0.39, 0.29) is 12.1 Å². The van der Waals surface area contributed by atoms with Crippen LogP contribution in [0.1, 0.15) is 39.0 Å². The summed E-state index contributed by atoms with van der Waals surface area (Å²) in [6, 6.07) is 0.113. The van der Waals surface area contributed by atoms with Gasteiger partial charge in [-0.3, -0.25) is 11.3 Å². The van der Waals surface area contributed by atoms with Crippen LogP contribution >= 0.6 is 0 Å². The van der Waals surface area contributed by atoms with Crippen LogP contribution in [0.25, 0.3) is 0 Å². The van der Waals surface area contributed by atoms with E-state index in [1.165, 1.54) is 19.1 Å². The molecule has 3 unspecified atom stereocenters. The molecule has 124 valence electrons. The molecule has 0 bridgehead atoms. The number of rotatable bonds is 8. The van der Waals surface area contributed by atoms with Gasteiger partial charge in [0.15, 0.2) is 0 Å². The molecule has 2 fully saturated rings. The number of ether oxygens (including phenoxy) is 1. The van der Waals surface area contributed by atoms with Crippen molar-refractivity contribution in [2.45, 2.75) is 51.2 Å². The predicted molar refractivity (Wildman–Crippen MR) is 83.0 cm³/mol. The third kappa shape index (κ3) is 4.89. The summed E-state index contributed by atoms with van der Waals surface area (Å²) in [5.41, 5.74) is 2.92. The van der Waals surface area contributed by atoms with Crippen LogP contribution in [0.3, 0.4) is 0 Å². The highest BCUT2D eigenvalue weighted by atomic mass is 32.2. The second-order valence-electron chi connectivity index (χ2n) is 6.40. The zero-order chi connectivity index (χ0) is 15.5. The topological polar surface area (TPSA) is 84.7 Å². The fourth-order valence-electron chi connectivity index (χ4n) is 3.37. The number of nitrogens with zero attached hydrogens (tertiary/aromatic N) is 1. The molecule has 2 rings (SSSR count). The minimum Gasteiger partial charge on any atom is -0.377 e. The number of nitrogens with two attached hydrogens (primary N) is 1. The van der Waals surface area contributed by atoms with Gasteiger partial charge >= 0.3 is 0 Å². The SMILES string of the molecule is CCOC(C1CC1)C(CC1CCCN(S(C)(=O)=O)C1)NN. The third-order valence-corrected chi connectivity index (χ3v) is 5.86. The molecule has 0 radical (unpaired) electrons. The van der Waals surface area contributed by atoms with Gasteiger partial charge in [0.1, 0.15) is 0 Å². The third-order valence-electron chi connectivity index (χ3n) is 4.59. The lowest BCUT2D eigenvalue weighted by atomic mass is 9.89. The Labute approximate surface area is 128 Å². The quantitative estimate of drug-likeness (QED) is 0.508. The fraction of sp³-hybridized carbons (Fsp3) is 1.00. The highest BCUT2D eigenvalue weighted by molar-refractivity contribution is 7.88. The van der Waals surface area contributed by atoms with Crippen molar-refractivity contribution in [2.24, 2.45) is 17.7 Å². The molecule has 1 aliphatic carbocycles. The van der Waals surface area contributed by atoms with Crippen molar-refractivity contribution in [3.8, 4) is 0 Å². The van der Waals surface area contributed by atoms with Crippen LogP contribution in [-0.4, -0.2) is 50.8 Å². The maximum absolute atomic E-state index is 11.7. The zero-order valence-corrected chi connectivity index (χ0v) is 13.9. The Morgan fingerprint density at radius 1 is 1.38 bits per heavy atom. The van der Waals surface area contributed by atoms with E-state index in [0.717, 1.165) is 19.3 Å². The summed E-state index contributed by atoms with van der Waals surface area (Å²) in [6.07, 6.45) is 6.75. The molecule has 1 heterocycles. The van der Waals surface area contributed by atoms with Gasteiger partial charge < -0.3 is 4.74 Å². The van der Waals surface area contributed by atoms with Gasteiger partial charge in [0.2, 0.25) is 10.0 Å². The Kier molecular flexibility index (Phi) is 6.02. The van der Waals surface area contributed by atoms with E-state index in [1.807, 2.05) is 6.92 Å². The highest BCUT2D eigenvalue weighted by Crippen LogP contribution is 2.37. The molecule has 6 nitrogen and oxygen atoms in total. The number of hydrogen-bond acceptors (Lipinski definition) is 5. The van der Waals surface area contributed by atoms with Crippen LogP contribution in [0.2, 0.25) is 0 Å². The van der Waals surface area contributed by atoms with Crippen molar-refractivity contribution in [2.75, 3.05) is 26.0 Å². The molecular weight excluding hydrogens is 290 g/mol.